The first-order chi connectivity index (χ1) is 11.8. The van der Waals surface area contributed by atoms with E-state index >= 15 is 0 Å². The molecule has 5 heteroatoms. The highest BCUT2D eigenvalue weighted by Gasteiger charge is 2.02. The Hall–Kier alpha value is -2.28. The van der Waals surface area contributed by atoms with E-state index in [9.17, 15) is 0 Å². The number of guanidine groups is 1. The second-order valence-corrected chi connectivity index (χ2v) is 5.52. The van der Waals surface area contributed by atoms with Crippen molar-refractivity contribution in [3.8, 4) is 5.75 Å². The van der Waals surface area contributed by atoms with Gasteiger partial charge in [-0.15, -0.1) is 24.0 Å². The summed E-state index contributed by atoms with van der Waals surface area (Å²) in [6, 6.07) is 22.5. The zero-order valence-corrected chi connectivity index (χ0v) is 16.4. The summed E-state index contributed by atoms with van der Waals surface area (Å²) in [7, 11) is 1.63. The van der Waals surface area contributed by atoms with E-state index in [4.69, 9.17) is 10.5 Å². The van der Waals surface area contributed by atoms with Gasteiger partial charge in [-0.2, -0.15) is 0 Å². The number of anilines is 1. The second-order valence-electron chi connectivity index (χ2n) is 5.52. The Morgan fingerprint density at radius 3 is 2.52 bits per heavy atom. The summed E-state index contributed by atoms with van der Waals surface area (Å²) in [6.07, 6.45) is 0.846. The number of ether oxygens (including phenoxy) is 1. The summed E-state index contributed by atoms with van der Waals surface area (Å²) < 4.78 is 5.29. The lowest BCUT2D eigenvalue weighted by molar-refractivity contribution is 0.417. The number of halogens is 1. The molecule has 0 aromatic heterocycles. The molecule has 130 valence electrons. The van der Waals surface area contributed by atoms with Crippen LogP contribution in [0.25, 0.3) is 10.8 Å². The van der Waals surface area contributed by atoms with Crippen molar-refractivity contribution in [3.63, 3.8) is 0 Å². The minimum absolute atomic E-state index is 0. The number of methoxy groups -OCH3 is 1. The maximum atomic E-state index is 5.97. The zero-order valence-electron chi connectivity index (χ0n) is 14.1. The van der Waals surface area contributed by atoms with Gasteiger partial charge in [-0.1, -0.05) is 54.6 Å². The van der Waals surface area contributed by atoms with Crippen molar-refractivity contribution in [2.24, 2.45) is 10.7 Å². The Morgan fingerprint density at radius 2 is 1.72 bits per heavy atom. The van der Waals surface area contributed by atoms with E-state index in [1.165, 1.54) is 16.3 Å². The lowest BCUT2D eigenvalue weighted by Crippen LogP contribution is -2.23. The molecule has 0 atom stereocenters. The van der Waals surface area contributed by atoms with Crippen molar-refractivity contribution in [2.75, 3.05) is 19.0 Å². The number of fused-ring (bicyclic) bond motifs is 1. The molecule has 0 fully saturated rings. The van der Waals surface area contributed by atoms with Gasteiger partial charge in [0.1, 0.15) is 5.75 Å². The van der Waals surface area contributed by atoms with Gasteiger partial charge in [-0.25, -0.2) is 0 Å². The Labute approximate surface area is 165 Å². The first-order valence-electron chi connectivity index (χ1n) is 7.94. The molecule has 0 heterocycles. The molecule has 0 saturated heterocycles. The van der Waals surface area contributed by atoms with Crippen molar-refractivity contribution in [3.05, 3.63) is 72.3 Å². The SMILES string of the molecule is COc1ccccc1NC(N)=NCCc1ccc2ccccc2c1.I. The molecule has 3 aromatic carbocycles. The Bertz CT molecular complexity index is 864. The van der Waals surface area contributed by atoms with Crippen LogP contribution in [0.5, 0.6) is 5.75 Å². The minimum atomic E-state index is 0. The van der Waals surface area contributed by atoms with Crippen LogP contribution in [0.2, 0.25) is 0 Å². The fraction of sp³-hybridized carbons (Fsp3) is 0.150. The van der Waals surface area contributed by atoms with Crippen LogP contribution in [0.15, 0.2) is 71.7 Å². The van der Waals surface area contributed by atoms with Crippen LogP contribution in [-0.4, -0.2) is 19.6 Å². The van der Waals surface area contributed by atoms with Crippen LogP contribution < -0.4 is 15.8 Å². The summed E-state index contributed by atoms with van der Waals surface area (Å²) in [6.45, 7) is 0.631. The topological polar surface area (TPSA) is 59.6 Å². The third kappa shape index (κ3) is 5.09. The van der Waals surface area contributed by atoms with E-state index in [1.54, 1.807) is 7.11 Å². The van der Waals surface area contributed by atoms with Crippen LogP contribution in [0.1, 0.15) is 5.56 Å². The summed E-state index contributed by atoms with van der Waals surface area (Å²) in [5, 5.41) is 5.58. The zero-order chi connectivity index (χ0) is 16.8. The molecular weight excluding hydrogens is 425 g/mol. The summed E-state index contributed by atoms with van der Waals surface area (Å²) in [5.74, 6) is 1.13. The predicted octanol–water partition coefficient (Wildman–Crippen LogP) is 4.44. The highest BCUT2D eigenvalue weighted by atomic mass is 127. The molecular formula is C20H22IN3O. The molecule has 0 bridgehead atoms. The molecule has 0 radical (unpaired) electrons. The summed E-state index contributed by atoms with van der Waals surface area (Å²) >= 11 is 0. The Morgan fingerprint density at radius 1 is 1.00 bits per heavy atom. The molecule has 3 aromatic rings. The van der Waals surface area contributed by atoms with Gasteiger partial charge in [0.05, 0.1) is 12.8 Å². The second kappa shape index (κ2) is 9.27. The van der Waals surface area contributed by atoms with Gasteiger partial charge in [0.25, 0.3) is 0 Å². The van der Waals surface area contributed by atoms with E-state index in [2.05, 4.69) is 52.8 Å². The van der Waals surface area contributed by atoms with Crippen LogP contribution in [0.3, 0.4) is 0 Å². The molecule has 0 amide bonds. The van der Waals surface area contributed by atoms with Crippen LogP contribution in [-0.2, 0) is 6.42 Å². The average molecular weight is 447 g/mol. The molecule has 0 aliphatic heterocycles. The smallest absolute Gasteiger partial charge is 0.193 e. The van der Waals surface area contributed by atoms with Gasteiger partial charge in [0, 0.05) is 6.54 Å². The maximum absolute atomic E-state index is 5.97. The van der Waals surface area contributed by atoms with E-state index in [0.717, 1.165) is 17.9 Å². The van der Waals surface area contributed by atoms with E-state index in [1.807, 2.05) is 24.3 Å². The quantitative estimate of drug-likeness (QED) is 0.346. The van der Waals surface area contributed by atoms with E-state index in [0.29, 0.717) is 12.5 Å². The highest BCUT2D eigenvalue weighted by Crippen LogP contribution is 2.22. The summed E-state index contributed by atoms with van der Waals surface area (Å²) in [5.41, 5.74) is 8.03. The van der Waals surface area contributed by atoms with Crippen molar-refractivity contribution in [1.82, 2.24) is 0 Å². The molecule has 3 N–H and O–H groups in total. The third-order valence-electron chi connectivity index (χ3n) is 3.87. The molecule has 0 saturated carbocycles. The first kappa shape index (κ1) is 19.1. The van der Waals surface area contributed by atoms with Gasteiger partial charge in [0.15, 0.2) is 5.96 Å². The largest absolute Gasteiger partial charge is 0.495 e. The fourth-order valence-electron chi connectivity index (χ4n) is 2.63. The number of nitrogens with zero attached hydrogens (tertiary/aromatic N) is 1. The molecule has 0 unspecified atom stereocenters. The van der Waals surface area contributed by atoms with Crippen molar-refractivity contribution < 1.29 is 4.74 Å². The van der Waals surface area contributed by atoms with Crippen LogP contribution >= 0.6 is 24.0 Å². The Kier molecular flexibility index (Phi) is 7.06. The van der Waals surface area contributed by atoms with Crippen molar-refractivity contribution in [2.45, 2.75) is 6.42 Å². The number of rotatable bonds is 5. The first-order valence-corrected chi connectivity index (χ1v) is 7.94. The summed E-state index contributed by atoms with van der Waals surface area (Å²) in [4.78, 5) is 4.40. The number of aliphatic imine (C=N–C) groups is 1. The standard InChI is InChI=1S/C20H21N3O.HI/c1-24-19-9-5-4-8-18(19)23-20(21)22-13-12-15-10-11-16-6-2-3-7-17(16)14-15;/h2-11,14H,12-13H2,1H3,(H3,21,22,23);1H. The van der Waals surface area contributed by atoms with E-state index < -0.39 is 0 Å². The van der Waals surface area contributed by atoms with Crippen molar-refractivity contribution >= 4 is 46.4 Å². The molecule has 0 aliphatic rings. The molecule has 0 aliphatic carbocycles. The van der Waals surface area contributed by atoms with Crippen molar-refractivity contribution in [1.29, 1.82) is 0 Å². The van der Waals surface area contributed by atoms with Gasteiger partial charge in [-0.3, -0.25) is 4.99 Å². The average Bonchev–Trinajstić information content (AvgIpc) is 2.62. The number of para-hydroxylation sites is 2. The lowest BCUT2D eigenvalue weighted by atomic mass is 10.1. The number of nitrogens with two attached hydrogens (primary N) is 1. The van der Waals surface area contributed by atoms with Gasteiger partial charge in [0.2, 0.25) is 0 Å². The minimum Gasteiger partial charge on any atom is -0.495 e. The molecule has 4 nitrogen and oxygen atoms in total. The van der Waals surface area contributed by atoms with Gasteiger partial charge >= 0.3 is 0 Å². The molecule has 25 heavy (non-hydrogen) atoms. The normalized spacial score (nSPS) is 11.0. The highest BCUT2D eigenvalue weighted by molar-refractivity contribution is 14.0. The maximum Gasteiger partial charge on any atom is 0.193 e. The fourth-order valence-corrected chi connectivity index (χ4v) is 2.63. The van der Waals surface area contributed by atoms with Crippen LogP contribution in [0.4, 0.5) is 5.69 Å². The number of hydrogen-bond acceptors (Lipinski definition) is 2. The van der Waals surface area contributed by atoms with E-state index in [-0.39, 0.29) is 24.0 Å². The lowest BCUT2D eigenvalue weighted by Gasteiger charge is -2.10. The number of benzene rings is 3. The van der Waals surface area contributed by atoms with Gasteiger partial charge < -0.3 is 15.8 Å². The molecule has 0 spiro atoms. The Balaban J connectivity index is 0.00000225. The monoisotopic (exact) mass is 447 g/mol. The predicted molar refractivity (Wildman–Crippen MR) is 116 cm³/mol. The number of nitrogens with one attached hydrogen (secondary N) is 1. The van der Waals surface area contributed by atoms with Crippen LogP contribution in [0, 0.1) is 0 Å². The third-order valence-corrected chi connectivity index (χ3v) is 3.87. The van der Waals surface area contributed by atoms with Gasteiger partial charge in [-0.05, 0) is 34.9 Å². The number of hydrogen-bond donors (Lipinski definition) is 2. The molecule has 3 rings (SSSR count).